The van der Waals surface area contributed by atoms with E-state index in [9.17, 15) is 0 Å². The first kappa shape index (κ1) is 45.8. The Kier molecular flexibility index (Phi) is 16.4. The number of benzene rings is 8. The van der Waals surface area contributed by atoms with Gasteiger partial charge in [-0.2, -0.15) is 0 Å². The van der Waals surface area contributed by atoms with E-state index in [1.165, 1.54) is 31.8 Å². The Bertz CT molecular complexity index is 2440. The Labute approximate surface area is 397 Å². The van der Waals surface area contributed by atoms with Crippen molar-refractivity contribution in [2.75, 3.05) is 13.6 Å². The Morgan fingerprint density at radius 1 is 0.406 bits per heavy atom. The third-order valence-electron chi connectivity index (χ3n) is 10.7. The molecule has 10 rings (SSSR count). The minimum absolute atomic E-state index is 0.163. The van der Waals surface area contributed by atoms with Crippen LogP contribution >= 0.6 is 47.0 Å². The zero-order valence-corrected chi connectivity index (χ0v) is 40.6. The van der Waals surface area contributed by atoms with Gasteiger partial charge in [0.1, 0.15) is 41.6 Å². The summed E-state index contributed by atoms with van der Waals surface area (Å²) in [5, 5.41) is 7.75. The molecule has 2 aliphatic heterocycles. The third-order valence-corrected chi connectivity index (χ3v) is 17.9. The van der Waals surface area contributed by atoms with Gasteiger partial charge in [0, 0.05) is 12.1 Å². The predicted octanol–water partition coefficient (Wildman–Crippen LogP) is 10.0. The average molecular weight is 1030 g/mol. The molecule has 0 radical (unpaired) electrons. The van der Waals surface area contributed by atoms with Crippen LogP contribution in [0.25, 0.3) is 0 Å². The number of fused-ring (bicyclic) bond motifs is 2. The van der Waals surface area contributed by atoms with Crippen LogP contribution in [-0.2, 0) is 15.1 Å². The fourth-order valence-electron chi connectivity index (χ4n) is 7.73. The van der Waals surface area contributed by atoms with E-state index < -0.39 is 15.8 Å². The SMILES string of the molecule is NC(c1ccccc1)C(N)c1ccccc1.[Cl][Ru+2][Cl].c1ccc([PH+](c2ccccc2)c2ccc3c(c2Sc2c([PH+](c4ccccc4)c4ccccc4)ccc4c2OCO4)OCO3)cc1. The quantitative estimate of drug-likeness (QED) is 0.0986. The summed E-state index contributed by atoms with van der Waals surface area (Å²) in [4.78, 5) is 2.14. The summed E-state index contributed by atoms with van der Waals surface area (Å²) < 4.78 is 24.4. The maximum absolute atomic E-state index is 6.26. The van der Waals surface area contributed by atoms with Crippen LogP contribution < -0.4 is 62.2 Å². The molecule has 2 heterocycles. The molecule has 2 unspecified atom stereocenters. The number of ether oxygens (including phenoxy) is 4. The number of rotatable bonds is 11. The van der Waals surface area contributed by atoms with Crippen LogP contribution in [0.2, 0.25) is 0 Å². The molecule has 0 spiro atoms. The van der Waals surface area contributed by atoms with Crippen molar-refractivity contribution in [1.29, 1.82) is 0 Å². The van der Waals surface area contributed by atoms with Gasteiger partial charge in [-0.25, -0.2) is 0 Å². The summed E-state index contributed by atoms with van der Waals surface area (Å²) in [5.41, 5.74) is 14.4. The second-order valence-corrected chi connectivity index (χ2v) is 23.1. The molecule has 8 aromatic rings. The van der Waals surface area contributed by atoms with Crippen molar-refractivity contribution in [3.63, 3.8) is 0 Å². The van der Waals surface area contributed by atoms with Gasteiger partial charge in [0.2, 0.25) is 13.6 Å². The molecule has 6 nitrogen and oxygen atoms in total. The number of nitrogens with two attached hydrogens (primary N) is 2. The minimum atomic E-state index is -1.42. The van der Waals surface area contributed by atoms with Crippen molar-refractivity contribution in [3.8, 4) is 23.0 Å². The van der Waals surface area contributed by atoms with Crippen LogP contribution in [0.3, 0.4) is 0 Å². The first-order chi connectivity index (χ1) is 31.6. The van der Waals surface area contributed by atoms with E-state index in [-0.39, 0.29) is 40.8 Å². The Hall–Kier alpha value is -4.71. The zero-order valence-electron chi connectivity index (χ0n) is 34.5. The predicted molar refractivity (Wildman–Crippen MR) is 268 cm³/mol. The zero-order chi connectivity index (χ0) is 44.1. The van der Waals surface area contributed by atoms with E-state index in [1.807, 2.05) is 60.7 Å². The van der Waals surface area contributed by atoms with Crippen molar-refractivity contribution >= 4 is 78.8 Å². The normalized spacial score (nSPS) is 13.0. The minimum Gasteiger partial charge on any atom is -0.454 e. The topological polar surface area (TPSA) is 89.0 Å². The van der Waals surface area contributed by atoms with Gasteiger partial charge in [0.05, 0.1) is 15.8 Å². The molecule has 0 saturated heterocycles. The van der Waals surface area contributed by atoms with E-state index in [2.05, 4.69) is 146 Å². The van der Waals surface area contributed by atoms with Crippen LogP contribution in [0, 0.1) is 0 Å². The van der Waals surface area contributed by atoms with Gasteiger partial charge in [0.25, 0.3) is 0 Å². The molecular weight excluding hydrogens is 983 g/mol. The molecule has 2 atom stereocenters. The summed E-state index contributed by atoms with van der Waals surface area (Å²) in [5.74, 6) is 3.13. The van der Waals surface area contributed by atoms with Gasteiger partial charge in [-0.1, -0.05) is 145 Å². The molecule has 8 aromatic carbocycles. The average Bonchev–Trinajstić information content (AvgIpc) is 4.06. The van der Waals surface area contributed by atoms with Crippen LogP contribution in [0.5, 0.6) is 23.0 Å². The van der Waals surface area contributed by atoms with Gasteiger partial charge in [0.15, 0.2) is 23.0 Å². The first-order valence-corrected chi connectivity index (χ1v) is 28.8. The summed E-state index contributed by atoms with van der Waals surface area (Å²) in [6, 6.07) is 71.5. The van der Waals surface area contributed by atoms with Gasteiger partial charge >= 0.3 is 34.5 Å². The van der Waals surface area contributed by atoms with E-state index in [4.69, 9.17) is 49.8 Å². The van der Waals surface area contributed by atoms with Gasteiger partial charge in [-0.3, -0.25) is 0 Å². The van der Waals surface area contributed by atoms with Crippen molar-refractivity contribution in [1.82, 2.24) is 0 Å². The molecular formula is C52H46Cl2N2O4P2RuS+4. The Morgan fingerprint density at radius 3 is 0.984 bits per heavy atom. The van der Waals surface area contributed by atoms with Crippen LogP contribution in [0.1, 0.15) is 23.2 Å². The van der Waals surface area contributed by atoms with Gasteiger partial charge in [-0.05, 0) is 83.9 Å². The number of hydrogen-bond donors (Lipinski definition) is 2. The summed E-state index contributed by atoms with van der Waals surface area (Å²) in [6.45, 7) is 0.404. The second-order valence-electron chi connectivity index (χ2n) is 14.6. The summed E-state index contributed by atoms with van der Waals surface area (Å²) in [6.07, 6.45) is 0. The standard InChI is InChI=1S/C38H28O4P2S.C14H16N2.2ClH.Ru/c1-5-13-27(14-6-1)43(28-15-7-2-8-16-28)33-23-21-31-35(41-25-39-31)37(33)45-38-34(24-22-32-36(38)42-26-40-32)44(29-17-9-3-10-18-29)30-19-11-4-12-20-30;15-13(11-7-3-1-4-8-11)14(16)12-9-5-2-6-10-12;;;/h1-24H,25-26H2;1-10,13-14H,15-16H2;2*1H;/q;;;;+4. The molecule has 322 valence electrons. The molecule has 0 aromatic heterocycles. The maximum atomic E-state index is 6.26. The summed E-state index contributed by atoms with van der Waals surface area (Å²) >= 11 is 1.38. The van der Waals surface area contributed by atoms with E-state index >= 15 is 0 Å². The third kappa shape index (κ3) is 10.9. The van der Waals surface area contributed by atoms with Crippen LogP contribution in [0.4, 0.5) is 0 Å². The van der Waals surface area contributed by atoms with Crippen LogP contribution in [0.15, 0.2) is 216 Å². The van der Waals surface area contributed by atoms with Crippen molar-refractivity contribution in [2.24, 2.45) is 11.5 Å². The van der Waals surface area contributed by atoms with Crippen molar-refractivity contribution in [2.45, 2.75) is 21.9 Å². The largest absolute Gasteiger partial charge is 0.454 e. The number of halogens is 2. The molecule has 4 N–H and O–H groups in total. The monoisotopic (exact) mass is 1030 g/mol. The van der Waals surface area contributed by atoms with Crippen LogP contribution in [-0.4, -0.2) is 13.6 Å². The molecule has 0 aliphatic carbocycles. The Morgan fingerprint density at radius 2 is 0.688 bits per heavy atom. The van der Waals surface area contributed by atoms with E-state index in [0.29, 0.717) is 0 Å². The van der Waals surface area contributed by atoms with Gasteiger partial charge < -0.3 is 30.4 Å². The summed E-state index contributed by atoms with van der Waals surface area (Å²) in [7, 11) is 6.87. The van der Waals surface area contributed by atoms with E-state index in [1.54, 1.807) is 11.8 Å². The molecule has 0 fully saturated rings. The molecule has 0 bridgehead atoms. The Balaban J connectivity index is 0.000000246. The fraction of sp³-hybridized carbons (Fsp3) is 0.0769. The first-order valence-electron chi connectivity index (χ1n) is 20.5. The second kappa shape index (κ2) is 23.0. The maximum Gasteiger partial charge on any atom is 0.231 e. The molecule has 2 aliphatic rings. The molecule has 12 heteroatoms. The number of hydrogen-bond acceptors (Lipinski definition) is 7. The fourth-order valence-corrected chi connectivity index (χ4v) is 14.9. The molecule has 0 amide bonds. The van der Waals surface area contributed by atoms with E-state index in [0.717, 1.165) is 43.9 Å². The van der Waals surface area contributed by atoms with Crippen molar-refractivity contribution < 1.29 is 34.1 Å². The molecule has 64 heavy (non-hydrogen) atoms. The van der Waals surface area contributed by atoms with Crippen molar-refractivity contribution in [3.05, 3.63) is 217 Å². The molecule has 0 saturated carbocycles. The smallest absolute Gasteiger partial charge is 0.231 e. The van der Waals surface area contributed by atoms with Gasteiger partial charge in [-0.15, -0.1) is 0 Å².